The summed E-state index contributed by atoms with van der Waals surface area (Å²) in [5, 5.41) is 16.3. The van der Waals surface area contributed by atoms with Crippen molar-refractivity contribution in [2.24, 2.45) is 5.92 Å². The van der Waals surface area contributed by atoms with Gasteiger partial charge in [0.2, 0.25) is 0 Å². The van der Waals surface area contributed by atoms with E-state index in [2.05, 4.69) is 10.6 Å². The predicted octanol–water partition coefficient (Wildman–Crippen LogP) is 0.489. The summed E-state index contributed by atoms with van der Waals surface area (Å²) in [4.78, 5) is 0. The first-order valence-electron chi connectivity index (χ1n) is 5.98. The maximum atomic E-state index is 9.28. The van der Waals surface area contributed by atoms with Crippen LogP contribution in [0.15, 0.2) is 0 Å². The molecule has 1 saturated carbocycles. The second-order valence-electron chi connectivity index (χ2n) is 4.69. The Kier molecular flexibility index (Phi) is 3.79. The highest BCUT2D eigenvalue weighted by Gasteiger charge is 2.27. The number of hydrogen-bond donors (Lipinski definition) is 3. The molecular formula is C11H22N2O. The van der Waals surface area contributed by atoms with Crippen molar-refractivity contribution in [3.8, 4) is 0 Å². The molecule has 2 rings (SSSR count). The number of aliphatic hydroxyl groups excluding tert-OH is 1. The molecule has 0 amide bonds. The smallest absolute Gasteiger partial charge is 0.0474 e. The fourth-order valence-electron chi connectivity index (χ4n) is 2.75. The van der Waals surface area contributed by atoms with Crippen molar-refractivity contribution in [1.29, 1.82) is 0 Å². The third-order valence-electron chi connectivity index (χ3n) is 3.65. The van der Waals surface area contributed by atoms with Gasteiger partial charge in [0, 0.05) is 25.2 Å². The molecule has 3 N–H and O–H groups in total. The quantitative estimate of drug-likeness (QED) is 0.618. The van der Waals surface area contributed by atoms with Crippen molar-refractivity contribution in [3.63, 3.8) is 0 Å². The van der Waals surface area contributed by atoms with E-state index in [-0.39, 0.29) is 0 Å². The van der Waals surface area contributed by atoms with E-state index >= 15 is 0 Å². The van der Waals surface area contributed by atoms with Gasteiger partial charge in [-0.25, -0.2) is 0 Å². The summed E-state index contributed by atoms with van der Waals surface area (Å²) >= 11 is 0. The Hall–Kier alpha value is -0.120. The fourth-order valence-corrected chi connectivity index (χ4v) is 2.75. The summed E-state index contributed by atoms with van der Waals surface area (Å²) in [5.74, 6) is 0.504. The monoisotopic (exact) mass is 198 g/mol. The number of nitrogens with one attached hydrogen (secondary N) is 2. The van der Waals surface area contributed by atoms with Crippen LogP contribution in [0.4, 0.5) is 0 Å². The van der Waals surface area contributed by atoms with E-state index in [0.29, 0.717) is 24.6 Å². The van der Waals surface area contributed by atoms with Gasteiger partial charge in [0.05, 0.1) is 0 Å². The Labute approximate surface area is 86.3 Å². The SMILES string of the molecule is OCC1CCCCC1NC1CCNC1. The van der Waals surface area contributed by atoms with Crippen LogP contribution in [-0.4, -0.2) is 36.9 Å². The molecule has 3 atom stereocenters. The van der Waals surface area contributed by atoms with Crippen molar-refractivity contribution in [1.82, 2.24) is 10.6 Å². The average Bonchev–Trinajstić information content (AvgIpc) is 2.71. The predicted molar refractivity (Wildman–Crippen MR) is 57.2 cm³/mol. The highest BCUT2D eigenvalue weighted by molar-refractivity contribution is 4.86. The average molecular weight is 198 g/mol. The number of hydrogen-bond acceptors (Lipinski definition) is 3. The summed E-state index contributed by atoms with van der Waals surface area (Å²) < 4.78 is 0. The maximum Gasteiger partial charge on any atom is 0.0474 e. The van der Waals surface area contributed by atoms with Gasteiger partial charge in [0.15, 0.2) is 0 Å². The van der Waals surface area contributed by atoms with Crippen LogP contribution in [0.5, 0.6) is 0 Å². The zero-order valence-corrected chi connectivity index (χ0v) is 8.84. The van der Waals surface area contributed by atoms with E-state index in [1.54, 1.807) is 0 Å². The van der Waals surface area contributed by atoms with Crippen molar-refractivity contribution >= 4 is 0 Å². The zero-order chi connectivity index (χ0) is 9.80. The van der Waals surface area contributed by atoms with Crippen LogP contribution in [0.1, 0.15) is 32.1 Å². The molecule has 3 nitrogen and oxygen atoms in total. The van der Waals surface area contributed by atoms with Crippen LogP contribution in [-0.2, 0) is 0 Å². The maximum absolute atomic E-state index is 9.28. The van der Waals surface area contributed by atoms with E-state index < -0.39 is 0 Å². The fraction of sp³-hybridized carbons (Fsp3) is 1.00. The minimum absolute atomic E-state index is 0.359. The number of rotatable bonds is 3. The Morgan fingerprint density at radius 3 is 2.79 bits per heavy atom. The standard InChI is InChI=1S/C11H22N2O/c14-8-9-3-1-2-4-11(9)13-10-5-6-12-7-10/h9-14H,1-8H2. The summed E-state index contributed by atoms with van der Waals surface area (Å²) in [7, 11) is 0. The summed E-state index contributed by atoms with van der Waals surface area (Å²) in [6, 6.07) is 1.21. The second-order valence-corrected chi connectivity index (χ2v) is 4.69. The topological polar surface area (TPSA) is 44.3 Å². The molecule has 0 spiro atoms. The Bertz CT molecular complexity index is 169. The third kappa shape index (κ3) is 2.47. The summed E-state index contributed by atoms with van der Waals surface area (Å²) in [6.45, 7) is 2.61. The molecular weight excluding hydrogens is 176 g/mol. The van der Waals surface area contributed by atoms with Crippen LogP contribution in [0.2, 0.25) is 0 Å². The molecule has 0 radical (unpaired) electrons. The summed E-state index contributed by atoms with van der Waals surface area (Å²) in [5.41, 5.74) is 0. The van der Waals surface area contributed by atoms with Gasteiger partial charge in [-0.15, -0.1) is 0 Å². The molecule has 0 aromatic rings. The van der Waals surface area contributed by atoms with Crippen LogP contribution in [0.25, 0.3) is 0 Å². The summed E-state index contributed by atoms with van der Waals surface area (Å²) in [6.07, 6.45) is 6.32. The first kappa shape index (κ1) is 10.4. The molecule has 3 heteroatoms. The third-order valence-corrected chi connectivity index (χ3v) is 3.65. The van der Waals surface area contributed by atoms with Gasteiger partial charge in [-0.2, -0.15) is 0 Å². The molecule has 3 unspecified atom stereocenters. The number of aliphatic hydroxyl groups is 1. The lowest BCUT2D eigenvalue weighted by Crippen LogP contribution is -2.46. The molecule has 0 aromatic heterocycles. The van der Waals surface area contributed by atoms with E-state index in [0.717, 1.165) is 13.1 Å². The van der Waals surface area contributed by atoms with E-state index in [4.69, 9.17) is 0 Å². The van der Waals surface area contributed by atoms with Gasteiger partial charge in [-0.1, -0.05) is 12.8 Å². The van der Waals surface area contributed by atoms with Crippen molar-refractivity contribution < 1.29 is 5.11 Å². The van der Waals surface area contributed by atoms with Gasteiger partial charge >= 0.3 is 0 Å². The highest BCUT2D eigenvalue weighted by Crippen LogP contribution is 2.24. The Morgan fingerprint density at radius 2 is 2.07 bits per heavy atom. The second kappa shape index (κ2) is 5.10. The van der Waals surface area contributed by atoms with Gasteiger partial charge in [0.1, 0.15) is 0 Å². The van der Waals surface area contributed by atoms with E-state index in [9.17, 15) is 5.11 Å². The largest absolute Gasteiger partial charge is 0.396 e. The zero-order valence-electron chi connectivity index (χ0n) is 8.84. The van der Waals surface area contributed by atoms with Crippen LogP contribution < -0.4 is 10.6 Å². The van der Waals surface area contributed by atoms with Gasteiger partial charge < -0.3 is 15.7 Å². The van der Waals surface area contributed by atoms with Crippen LogP contribution in [0.3, 0.4) is 0 Å². The van der Waals surface area contributed by atoms with Gasteiger partial charge in [-0.3, -0.25) is 0 Å². The Morgan fingerprint density at radius 1 is 1.21 bits per heavy atom. The molecule has 2 aliphatic rings. The molecule has 0 bridgehead atoms. The molecule has 14 heavy (non-hydrogen) atoms. The lowest BCUT2D eigenvalue weighted by Gasteiger charge is -2.33. The normalized spacial score (nSPS) is 38.8. The van der Waals surface area contributed by atoms with Gasteiger partial charge in [0.25, 0.3) is 0 Å². The molecule has 2 fully saturated rings. The van der Waals surface area contributed by atoms with Crippen molar-refractivity contribution in [2.75, 3.05) is 19.7 Å². The van der Waals surface area contributed by atoms with Crippen molar-refractivity contribution in [3.05, 3.63) is 0 Å². The van der Waals surface area contributed by atoms with Crippen molar-refractivity contribution in [2.45, 2.75) is 44.2 Å². The molecule has 82 valence electrons. The Balaban J connectivity index is 1.81. The van der Waals surface area contributed by atoms with Crippen LogP contribution in [0, 0.1) is 5.92 Å². The minimum Gasteiger partial charge on any atom is -0.396 e. The minimum atomic E-state index is 0.359. The lowest BCUT2D eigenvalue weighted by molar-refractivity contribution is 0.147. The van der Waals surface area contributed by atoms with E-state index in [1.165, 1.54) is 32.1 Å². The van der Waals surface area contributed by atoms with E-state index in [1.807, 2.05) is 0 Å². The lowest BCUT2D eigenvalue weighted by atomic mass is 9.84. The first-order valence-corrected chi connectivity index (χ1v) is 5.98. The van der Waals surface area contributed by atoms with Gasteiger partial charge in [-0.05, 0) is 31.7 Å². The first-order chi connectivity index (χ1) is 6.90. The molecule has 1 aliphatic heterocycles. The molecule has 1 heterocycles. The van der Waals surface area contributed by atoms with Crippen LogP contribution >= 0.6 is 0 Å². The molecule has 1 aliphatic carbocycles. The molecule has 0 aromatic carbocycles. The molecule has 1 saturated heterocycles. The highest BCUT2D eigenvalue weighted by atomic mass is 16.3.